The van der Waals surface area contributed by atoms with E-state index in [0.29, 0.717) is 0 Å². The molecule has 1 N–H and O–H groups in total. The highest BCUT2D eigenvalue weighted by molar-refractivity contribution is 5.91. The van der Waals surface area contributed by atoms with Gasteiger partial charge in [-0.3, -0.25) is 4.79 Å². The lowest BCUT2D eigenvalue weighted by Crippen LogP contribution is -2.13. The molecule has 0 unspecified atom stereocenters. The molecule has 98 valence electrons. The van der Waals surface area contributed by atoms with Crippen molar-refractivity contribution >= 4 is 12.0 Å². The first-order valence-corrected chi connectivity index (χ1v) is 6.19. The van der Waals surface area contributed by atoms with Crippen LogP contribution in [0.4, 0.5) is 0 Å². The van der Waals surface area contributed by atoms with Gasteiger partial charge in [0.05, 0.1) is 0 Å². The topological polar surface area (TPSA) is 29.1 Å². The third-order valence-electron chi connectivity index (χ3n) is 1.47. The van der Waals surface area contributed by atoms with Crippen LogP contribution in [0.25, 0.3) is 6.08 Å². The first-order chi connectivity index (χ1) is 8.24. The molecule has 0 saturated heterocycles. The van der Waals surface area contributed by atoms with Crippen LogP contribution >= 0.6 is 0 Å². The molecule has 1 amide bonds. The largest absolute Gasteiger partial charge is 0.356 e. The molecule has 0 aliphatic carbocycles. The normalized spacial score (nSPS) is 8.53. The van der Waals surface area contributed by atoms with Crippen molar-refractivity contribution in [2.75, 3.05) is 7.05 Å². The first kappa shape index (κ1) is 17.8. The van der Waals surface area contributed by atoms with E-state index in [1.54, 1.807) is 13.1 Å². The van der Waals surface area contributed by atoms with E-state index >= 15 is 0 Å². The van der Waals surface area contributed by atoms with E-state index in [9.17, 15) is 4.79 Å². The zero-order valence-corrected chi connectivity index (χ0v) is 11.7. The standard InChI is InChI=1S/C10H11NO.C3H8.C2H6.H2/c1-11-10(12)8-7-9-5-3-2-4-6-9;1-3-2;1-2;/h2-8H,1H3,(H,11,12);3H2,1-2H3;1-2H3;1H/b8-7+;;;. The molecular weight excluding hydrogens is 210 g/mol. The van der Waals surface area contributed by atoms with Crippen molar-refractivity contribution in [1.29, 1.82) is 0 Å². The average Bonchev–Trinajstić information content (AvgIpc) is 2.40. The molecule has 0 spiro atoms. The minimum absolute atomic E-state index is 0. The summed E-state index contributed by atoms with van der Waals surface area (Å²) in [4.78, 5) is 10.8. The summed E-state index contributed by atoms with van der Waals surface area (Å²) in [6.07, 6.45) is 4.54. The first-order valence-electron chi connectivity index (χ1n) is 6.19. The van der Waals surface area contributed by atoms with E-state index in [1.165, 1.54) is 12.5 Å². The summed E-state index contributed by atoms with van der Waals surface area (Å²) in [5.74, 6) is -0.0844. The minimum atomic E-state index is -0.0844. The zero-order valence-electron chi connectivity index (χ0n) is 11.7. The van der Waals surface area contributed by atoms with Crippen LogP contribution in [0.3, 0.4) is 0 Å². The van der Waals surface area contributed by atoms with E-state index in [1.807, 2.05) is 44.2 Å². The van der Waals surface area contributed by atoms with Crippen molar-refractivity contribution in [2.24, 2.45) is 0 Å². The quantitative estimate of drug-likeness (QED) is 0.770. The summed E-state index contributed by atoms with van der Waals surface area (Å²) < 4.78 is 0. The van der Waals surface area contributed by atoms with Crippen LogP contribution in [-0.4, -0.2) is 13.0 Å². The predicted octanol–water partition coefficient (Wildman–Crippen LogP) is 4.13. The molecule has 0 heterocycles. The lowest BCUT2D eigenvalue weighted by molar-refractivity contribution is -0.115. The van der Waals surface area contributed by atoms with Gasteiger partial charge < -0.3 is 5.32 Å². The van der Waals surface area contributed by atoms with Gasteiger partial charge in [0.1, 0.15) is 0 Å². The van der Waals surface area contributed by atoms with Gasteiger partial charge in [-0.2, -0.15) is 0 Å². The Kier molecular flexibility index (Phi) is 15.1. The molecule has 2 nitrogen and oxygen atoms in total. The highest BCUT2D eigenvalue weighted by Crippen LogP contribution is 1.99. The van der Waals surface area contributed by atoms with Gasteiger partial charge in [-0.1, -0.05) is 64.4 Å². The molecule has 1 aromatic rings. The molecule has 0 aromatic heterocycles. The van der Waals surface area contributed by atoms with E-state index in [-0.39, 0.29) is 7.33 Å². The summed E-state index contributed by atoms with van der Waals surface area (Å²) >= 11 is 0. The number of carbonyl (C=O) groups excluding carboxylic acids is 1. The molecular formula is C15H27NO. The number of amides is 1. The Morgan fingerprint density at radius 1 is 1.24 bits per heavy atom. The van der Waals surface area contributed by atoms with Crippen molar-refractivity contribution in [3.05, 3.63) is 42.0 Å². The SMILES string of the molecule is CC.CCC.CNC(=O)/C=C/c1ccccc1.[HH]. The second-order valence-electron chi connectivity index (χ2n) is 3.07. The number of hydrogen-bond acceptors (Lipinski definition) is 1. The summed E-state index contributed by atoms with van der Waals surface area (Å²) in [6, 6.07) is 9.70. The third kappa shape index (κ3) is 12.4. The van der Waals surface area contributed by atoms with Crippen molar-refractivity contribution < 1.29 is 6.22 Å². The number of nitrogens with one attached hydrogen (secondary N) is 1. The highest BCUT2D eigenvalue weighted by Gasteiger charge is 1.87. The Morgan fingerprint density at radius 3 is 2.12 bits per heavy atom. The van der Waals surface area contributed by atoms with Gasteiger partial charge in [-0.15, -0.1) is 0 Å². The molecule has 2 heteroatoms. The van der Waals surface area contributed by atoms with Gasteiger partial charge in [0, 0.05) is 14.6 Å². The maximum absolute atomic E-state index is 10.8. The van der Waals surface area contributed by atoms with Gasteiger partial charge >= 0.3 is 0 Å². The Bertz CT molecular complexity index is 297. The van der Waals surface area contributed by atoms with Gasteiger partial charge in [-0.05, 0) is 11.6 Å². The Hall–Kier alpha value is -1.57. The van der Waals surface area contributed by atoms with Crippen LogP contribution in [-0.2, 0) is 4.79 Å². The molecule has 0 fully saturated rings. The number of carbonyl (C=O) groups is 1. The van der Waals surface area contributed by atoms with Gasteiger partial charge in [0.25, 0.3) is 0 Å². The van der Waals surface area contributed by atoms with Crippen LogP contribution in [0.5, 0.6) is 0 Å². The molecule has 0 aliphatic rings. The maximum atomic E-state index is 10.8. The van der Waals surface area contributed by atoms with Crippen molar-refractivity contribution in [1.82, 2.24) is 5.32 Å². The highest BCUT2D eigenvalue weighted by atomic mass is 16.1. The summed E-state index contributed by atoms with van der Waals surface area (Å²) in [5.41, 5.74) is 1.03. The van der Waals surface area contributed by atoms with Crippen LogP contribution in [0.1, 0.15) is 41.1 Å². The predicted molar refractivity (Wildman–Crippen MR) is 79.0 cm³/mol. The van der Waals surface area contributed by atoms with Gasteiger partial charge in [-0.25, -0.2) is 0 Å². The second kappa shape index (κ2) is 14.4. The zero-order chi connectivity index (χ0) is 13.5. The number of likely N-dealkylation sites (N-methyl/N-ethyl adjacent to an activating group) is 1. The molecule has 1 aromatic carbocycles. The van der Waals surface area contributed by atoms with E-state index in [0.717, 1.165) is 5.56 Å². The Morgan fingerprint density at radius 2 is 1.71 bits per heavy atom. The fraction of sp³-hybridized carbons (Fsp3) is 0.400. The monoisotopic (exact) mass is 237 g/mol. The maximum Gasteiger partial charge on any atom is 0.243 e. The second-order valence-corrected chi connectivity index (χ2v) is 3.07. The smallest absolute Gasteiger partial charge is 0.243 e. The summed E-state index contributed by atoms with van der Waals surface area (Å²) in [6.45, 7) is 8.25. The molecule has 0 saturated carbocycles. The van der Waals surface area contributed by atoms with Crippen LogP contribution in [0.2, 0.25) is 0 Å². The van der Waals surface area contributed by atoms with Crippen LogP contribution < -0.4 is 5.32 Å². The van der Waals surface area contributed by atoms with Crippen molar-refractivity contribution in [3.63, 3.8) is 0 Å². The lowest BCUT2D eigenvalue weighted by atomic mass is 10.2. The van der Waals surface area contributed by atoms with Gasteiger partial charge in [0.2, 0.25) is 5.91 Å². The molecule has 0 radical (unpaired) electrons. The third-order valence-corrected chi connectivity index (χ3v) is 1.47. The molecule has 1 rings (SSSR count). The van der Waals surface area contributed by atoms with Gasteiger partial charge in [0.15, 0.2) is 0 Å². The van der Waals surface area contributed by atoms with Crippen molar-refractivity contribution in [2.45, 2.75) is 34.1 Å². The van der Waals surface area contributed by atoms with Crippen LogP contribution in [0.15, 0.2) is 36.4 Å². The molecule has 0 bridgehead atoms. The lowest BCUT2D eigenvalue weighted by Gasteiger charge is -1.91. The molecule has 17 heavy (non-hydrogen) atoms. The number of rotatable bonds is 2. The van der Waals surface area contributed by atoms with E-state index < -0.39 is 0 Å². The summed E-state index contributed by atoms with van der Waals surface area (Å²) in [5, 5.41) is 2.51. The number of benzene rings is 1. The molecule has 0 aliphatic heterocycles. The minimum Gasteiger partial charge on any atom is -0.356 e. The fourth-order valence-corrected chi connectivity index (χ4v) is 0.819. The Labute approximate surface area is 107 Å². The summed E-state index contributed by atoms with van der Waals surface area (Å²) in [7, 11) is 1.61. The number of hydrogen-bond donors (Lipinski definition) is 1. The van der Waals surface area contributed by atoms with E-state index in [4.69, 9.17) is 0 Å². The van der Waals surface area contributed by atoms with Crippen LogP contribution in [0, 0.1) is 0 Å². The molecule has 0 atom stereocenters. The average molecular weight is 237 g/mol. The van der Waals surface area contributed by atoms with E-state index in [2.05, 4.69) is 19.2 Å². The fourth-order valence-electron chi connectivity index (χ4n) is 0.819. The Balaban J connectivity index is -0.000000329. The van der Waals surface area contributed by atoms with Crippen molar-refractivity contribution in [3.8, 4) is 0 Å².